The molecule has 2 atom stereocenters. The number of rotatable bonds is 5. The van der Waals surface area contributed by atoms with Crippen LogP contribution in [0.2, 0.25) is 0 Å². The first kappa shape index (κ1) is 14.5. The molecule has 0 amide bonds. The van der Waals surface area contributed by atoms with Gasteiger partial charge in [-0.2, -0.15) is 0 Å². The van der Waals surface area contributed by atoms with Gasteiger partial charge in [0, 0.05) is 44.7 Å². The molecule has 3 nitrogen and oxygen atoms in total. The van der Waals surface area contributed by atoms with E-state index in [1.807, 2.05) is 26.0 Å². The number of nitrogens with one attached hydrogen (secondary N) is 1. The zero-order valence-corrected chi connectivity index (χ0v) is 12.8. The van der Waals surface area contributed by atoms with Gasteiger partial charge in [0.2, 0.25) is 0 Å². The van der Waals surface area contributed by atoms with Gasteiger partial charge in [-0.15, -0.1) is 0 Å². The lowest BCUT2D eigenvalue weighted by Gasteiger charge is -2.13. The van der Waals surface area contributed by atoms with Gasteiger partial charge >= 0.3 is 0 Å². The van der Waals surface area contributed by atoms with E-state index in [4.69, 9.17) is 5.73 Å². The van der Waals surface area contributed by atoms with Crippen LogP contribution in [0.25, 0.3) is 0 Å². The molecule has 0 aliphatic heterocycles. The van der Waals surface area contributed by atoms with Crippen LogP contribution in [-0.4, -0.2) is 22.3 Å². The van der Waals surface area contributed by atoms with Crippen molar-refractivity contribution in [3.05, 3.63) is 22.2 Å². The molecule has 5 heteroatoms. The third-order valence-corrected chi connectivity index (χ3v) is 4.81. The van der Waals surface area contributed by atoms with Crippen LogP contribution in [0, 0.1) is 6.92 Å². The number of nitrogens with two attached hydrogens (primary N) is 1. The van der Waals surface area contributed by atoms with Gasteiger partial charge in [-0.25, -0.2) is 0 Å². The lowest BCUT2D eigenvalue weighted by atomic mass is 10.2. The summed E-state index contributed by atoms with van der Waals surface area (Å²) >= 11 is 3.47. The minimum absolute atomic E-state index is 0.219. The monoisotopic (exact) mass is 318 g/mol. The highest BCUT2D eigenvalue weighted by Crippen LogP contribution is 2.27. The molecule has 0 saturated carbocycles. The molecule has 0 bridgehead atoms. The smallest absolute Gasteiger partial charge is 0.0488 e. The van der Waals surface area contributed by atoms with E-state index >= 15 is 0 Å². The van der Waals surface area contributed by atoms with Crippen LogP contribution in [0.4, 0.5) is 11.4 Å². The van der Waals surface area contributed by atoms with Crippen molar-refractivity contribution in [2.45, 2.75) is 25.5 Å². The second kappa shape index (κ2) is 6.40. The van der Waals surface area contributed by atoms with Gasteiger partial charge in [-0.1, -0.05) is 6.92 Å². The molecule has 96 valence electrons. The molecule has 0 aliphatic carbocycles. The van der Waals surface area contributed by atoms with Crippen molar-refractivity contribution in [3.8, 4) is 0 Å². The Morgan fingerprint density at radius 1 is 1.53 bits per heavy atom. The zero-order valence-electron chi connectivity index (χ0n) is 10.4. The minimum Gasteiger partial charge on any atom is -0.398 e. The maximum Gasteiger partial charge on any atom is 0.0488 e. The van der Waals surface area contributed by atoms with Gasteiger partial charge in [0.05, 0.1) is 0 Å². The van der Waals surface area contributed by atoms with Crippen molar-refractivity contribution < 1.29 is 4.21 Å². The molecule has 0 fully saturated rings. The van der Waals surface area contributed by atoms with E-state index < -0.39 is 10.8 Å². The second-order valence-electron chi connectivity index (χ2n) is 4.21. The number of aryl methyl sites for hydroxylation is 1. The molecular formula is C12H19BrN2OS. The fourth-order valence-electron chi connectivity index (χ4n) is 1.41. The zero-order chi connectivity index (χ0) is 13.0. The van der Waals surface area contributed by atoms with Crippen molar-refractivity contribution in [1.29, 1.82) is 0 Å². The summed E-state index contributed by atoms with van der Waals surface area (Å²) in [6.45, 7) is 4.79. The third-order valence-electron chi connectivity index (χ3n) is 2.79. The van der Waals surface area contributed by atoms with Crippen LogP contribution in [0.3, 0.4) is 0 Å². The second-order valence-corrected chi connectivity index (χ2v) is 6.87. The van der Waals surface area contributed by atoms with E-state index in [0.29, 0.717) is 0 Å². The van der Waals surface area contributed by atoms with E-state index in [1.54, 1.807) is 6.26 Å². The predicted octanol–water partition coefficient (Wildman–Crippen LogP) is 2.91. The Labute approximate surface area is 114 Å². The van der Waals surface area contributed by atoms with Crippen molar-refractivity contribution in [3.63, 3.8) is 0 Å². The molecule has 0 saturated heterocycles. The Morgan fingerprint density at radius 3 is 2.76 bits per heavy atom. The minimum atomic E-state index is -0.753. The van der Waals surface area contributed by atoms with Crippen LogP contribution in [0.5, 0.6) is 0 Å². The number of hydrogen-bond acceptors (Lipinski definition) is 3. The maximum atomic E-state index is 11.2. The molecule has 2 unspecified atom stereocenters. The van der Waals surface area contributed by atoms with E-state index in [0.717, 1.165) is 34.4 Å². The molecule has 0 aliphatic rings. The van der Waals surface area contributed by atoms with Crippen LogP contribution in [-0.2, 0) is 10.8 Å². The van der Waals surface area contributed by atoms with E-state index in [-0.39, 0.29) is 5.25 Å². The van der Waals surface area contributed by atoms with E-state index in [9.17, 15) is 4.21 Å². The normalized spacial score (nSPS) is 14.4. The summed E-state index contributed by atoms with van der Waals surface area (Å²) in [4.78, 5) is 0. The molecule has 1 rings (SSSR count). The molecule has 0 aromatic heterocycles. The van der Waals surface area contributed by atoms with Crippen molar-refractivity contribution in [2.24, 2.45) is 0 Å². The van der Waals surface area contributed by atoms with Crippen molar-refractivity contribution in [2.75, 3.05) is 23.9 Å². The molecular weight excluding hydrogens is 300 g/mol. The Morgan fingerprint density at radius 2 is 2.18 bits per heavy atom. The highest BCUT2D eigenvalue weighted by atomic mass is 79.9. The van der Waals surface area contributed by atoms with Crippen LogP contribution in [0.1, 0.15) is 18.9 Å². The largest absolute Gasteiger partial charge is 0.398 e. The summed E-state index contributed by atoms with van der Waals surface area (Å²) in [6, 6.07) is 3.92. The summed E-state index contributed by atoms with van der Waals surface area (Å²) in [5.41, 5.74) is 8.68. The summed E-state index contributed by atoms with van der Waals surface area (Å²) in [5.74, 6) is 0. The fourth-order valence-corrected chi connectivity index (χ4v) is 2.36. The van der Waals surface area contributed by atoms with Crippen LogP contribution >= 0.6 is 15.9 Å². The van der Waals surface area contributed by atoms with Crippen LogP contribution in [0.15, 0.2) is 16.6 Å². The first-order chi connectivity index (χ1) is 7.91. The maximum absolute atomic E-state index is 11.2. The predicted molar refractivity (Wildman–Crippen MR) is 79.9 cm³/mol. The topological polar surface area (TPSA) is 55.1 Å². The fraction of sp³-hybridized carbons (Fsp3) is 0.500. The first-order valence-corrected chi connectivity index (χ1v) is 7.95. The average Bonchev–Trinajstić information content (AvgIpc) is 2.25. The Hall–Kier alpha value is -0.550. The highest BCUT2D eigenvalue weighted by molar-refractivity contribution is 9.10. The first-order valence-electron chi connectivity index (χ1n) is 5.53. The SMILES string of the molecule is Cc1cc(NCCC(C)S(C)=O)c(Br)cc1N. The highest BCUT2D eigenvalue weighted by Gasteiger charge is 2.07. The molecule has 0 radical (unpaired) electrons. The van der Waals surface area contributed by atoms with Gasteiger partial charge < -0.3 is 11.1 Å². The summed E-state index contributed by atoms with van der Waals surface area (Å²) in [6.07, 6.45) is 2.63. The van der Waals surface area contributed by atoms with E-state index in [2.05, 4.69) is 21.2 Å². The Bertz CT molecular complexity index is 423. The quantitative estimate of drug-likeness (QED) is 0.821. The van der Waals surface area contributed by atoms with Gasteiger partial charge in [0.25, 0.3) is 0 Å². The Balaban J connectivity index is 2.58. The molecule has 1 aromatic rings. The van der Waals surface area contributed by atoms with E-state index in [1.165, 1.54) is 0 Å². The molecule has 3 N–H and O–H groups in total. The molecule has 1 aromatic carbocycles. The van der Waals surface area contributed by atoms with Crippen molar-refractivity contribution >= 4 is 38.1 Å². The van der Waals surface area contributed by atoms with Crippen LogP contribution < -0.4 is 11.1 Å². The summed E-state index contributed by atoms with van der Waals surface area (Å²) in [5, 5.41) is 3.55. The molecule has 0 spiro atoms. The van der Waals surface area contributed by atoms with Gasteiger partial charge in [-0.3, -0.25) is 4.21 Å². The van der Waals surface area contributed by atoms with Gasteiger partial charge in [0.15, 0.2) is 0 Å². The standard InChI is InChI=1S/C12H19BrN2OS/c1-8-6-12(10(13)7-11(8)14)15-5-4-9(2)17(3)16/h6-7,9,15H,4-5,14H2,1-3H3. The number of halogens is 1. The van der Waals surface area contributed by atoms with Gasteiger partial charge in [-0.05, 0) is 47.0 Å². The molecule has 17 heavy (non-hydrogen) atoms. The lowest BCUT2D eigenvalue weighted by molar-refractivity contribution is 0.672. The van der Waals surface area contributed by atoms with Crippen molar-refractivity contribution in [1.82, 2.24) is 0 Å². The number of nitrogen functional groups attached to an aromatic ring is 1. The third kappa shape index (κ3) is 4.32. The number of anilines is 2. The lowest BCUT2D eigenvalue weighted by Crippen LogP contribution is -2.15. The molecule has 0 heterocycles. The summed E-state index contributed by atoms with van der Waals surface area (Å²) in [7, 11) is -0.753. The number of hydrogen-bond donors (Lipinski definition) is 2. The number of benzene rings is 1. The van der Waals surface area contributed by atoms with Gasteiger partial charge in [0.1, 0.15) is 0 Å². The Kier molecular flexibility index (Phi) is 5.46. The summed E-state index contributed by atoms with van der Waals surface area (Å²) < 4.78 is 12.2. The average molecular weight is 319 g/mol.